The molecule has 0 aromatic heterocycles. The summed E-state index contributed by atoms with van der Waals surface area (Å²) in [5, 5.41) is 7.90. The quantitative estimate of drug-likeness (QED) is 0.463. The Morgan fingerprint density at radius 1 is 1.31 bits per heavy atom. The Morgan fingerprint density at radius 2 is 1.75 bits per heavy atom. The molecule has 0 aliphatic carbocycles. The molecular weight excluding hydrogens is 212 g/mol. The van der Waals surface area contributed by atoms with Crippen molar-refractivity contribution in [3.8, 4) is 0 Å². The second-order valence-corrected chi connectivity index (χ2v) is 4.47. The summed E-state index contributed by atoms with van der Waals surface area (Å²) < 4.78 is 9.33. The zero-order valence-corrected chi connectivity index (χ0v) is 11.1. The minimum absolute atomic E-state index is 0.0932. The summed E-state index contributed by atoms with van der Waals surface area (Å²) in [7, 11) is 0. The van der Waals surface area contributed by atoms with E-state index in [2.05, 4.69) is 9.62 Å². The Morgan fingerprint density at radius 3 is 2.00 bits per heavy atom. The van der Waals surface area contributed by atoms with Crippen LogP contribution in [0.2, 0.25) is 0 Å². The molecule has 5 heteroatoms. The van der Waals surface area contributed by atoms with Crippen LogP contribution in [0.15, 0.2) is 0 Å². The van der Waals surface area contributed by atoms with Gasteiger partial charge in [-0.25, -0.2) is 9.68 Å². The lowest BCUT2D eigenvalue weighted by molar-refractivity contribution is -0.306. The van der Waals surface area contributed by atoms with E-state index in [-0.39, 0.29) is 6.10 Å². The zero-order valence-electron chi connectivity index (χ0n) is 11.1. The summed E-state index contributed by atoms with van der Waals surface area (Å²) >= 11 is 0. The van der Waals surface area contributed by atoms with Crippen molar-refractivity contribution in [2.45, 2.75) is 59.7 Å². The van der Waals surface area contributed by atoms with Crippen LogP contribution in [0.1, 0.15) is 48.0 Å². The van der Waals surface area contributed by atoms with Crippen LogP contribution in [0.25, 0.3) is 0 Å². The van der Waals surface area contributed by atoms with E-state index in [9.17, 15) is 4.79 Å². The van der Waals surface area contributed by atoms with Crippen molar-refractivity contribution in [1.82, 2.24) is 0 Å². The molecule has 0 bridgehead atoms. The van der Waals surface area contributed by atoms with Crippen molar-refractivity contribution in [2.24, 2.45) is 0 Å². The predicted molar refractivity (Wildman–Crippen MR) is 61.3 cm³/mol. The number of carbonyl (C=O) groups excluding carboxylic acids is 1. The average Bonchev–Trinajstić information content (AvgIpc) is 2.13. The van der Waals surface area contributed by atoms with Crippen LogP contribution in [0.4, 0.5) is 4.79 Å². The van der Waals surface area contributed by atoms with Crippen LogP contribution in [-0.2, 0) is 14.4 Å². The van der Waals surface area contributed by atoms with Crippen molar-refractivity contribution >= 4 is 6.16 Å². The third-order valence-electron chi connectivity index (χ3n) is 1.03. The van der Waals surface area contributed by atoms with Crippen molar-refractivity contribution in [1.29, 1.82) is 0 Å². The molecule has 5 nitrogen and oxygen atoms in total. The highest BCUT2D eigenvalue weighted by Gasteiger charge is 2.07. The van der Waals surface area contributed by atoms with Gasteiger partial charge < -0.3 is 9.47 Å². The maximum atomic E-state index is 10.6. The maximum Gasteiger partial charge on any atom is 0.508 e. The lowest BCUT2D eigenvalue weighted by atomic mass is 10.2. The Hall–Kier alpha value is -0.810. The summed E-state index contributed by atoms with van der Waals surface area (Å²) in [6.45, 7) is 11.3. The number of hydrogen-bond acceptors (Lipinski definition) is 5. The average molecular weight is 236 g/mol. The fraction of sp³-hybridized carbons (Fsp3) is 0.909. The fourth-order valence-corrected chi connectivity index (χ4v) is 0.412. The minimum Gasteiger partial charge on any atom is -0.434 e. The molecule has 0 aliphatic rings. The SMILES string of the molecule is CC(C)(C)OO.CCCOC(=O)OC(C)C. The first-order chi connectivity index (χ1) is 7.22. The van der Waals surface area contributed by atoms with E-state index in [0.717, 1.165) is 6.42 Å². The normalized spacial score (nSPS) is 10.5. The van der Waals surface area contributed by atoms with E-state index < -0.39 is 11.8 Å². The predicted octanol–water partition coefficient (Wildman–Crippen LogP) is 3.23. The third kappa shape index (κ3) is 18.9. The summed E-state index contributed by atoms with van der Waals surface area (Å²) in [5.41, 5.74) is -0.403. The van der Waals surface area contributed by atoms with Gasteiger partial charge in [0.25, 0.3) is 0 Å². The van der Waals surface area contributed by atoms with Crippen LogP contribution < -0.4 is 0 Å². The molecule has 0 amide bonds. The second-order valence-electron chi connectivity index (χ2n) is 4.47. The largest absolute Gasteiger partial charge is 0.508 e. The van der Waals surface area contributed by atoms with Crippen molar-refractivity contribution in [2.75, 3.05) is 6.61 Å². The zero-order chi connectivity index (χ0) is 13.2. The van der Waals surface area contributed by atoms with Gasteiger partial charge in [0.15, 0.2) is 0 Å². The highest BCUT2D eigenvalue weighted by Crippen LogP contribution is 2.01. The molecule has 16 heavy (non-hydrogen) atoms. The Kier molecular flexibility index (Phi) is 10.3. The lowest BCUT2D eigenvalue weighted by Gasteiger charge is -2.10. The first-order valence-corrected chi connectivity index (χ1v) is 5.39. The highest BCUT2D eigenvalue weighted by molar-refractivity contribution is 5.59. The molecule has 0 heterocycles. The van der Waals surface area contributed by atoms with Crippen LogP contribution in [-0.4, -0.2) is 29.7 Å². The van der Waals surface area contributed by atoms with Crippen LogP contribution in [0.3, 0.4) is 0 Å². The van der Waals surface area contributed by atoms with Crippen LogP contribution in [0.5, 0.6) is 0 Å². The van der Waals surface area contributed by atoms with Gasteiger partial charge in [-0.2, -0.15) is 0 Å². The van der Waals surface area contributed by atoms with Crippen molar-refractivity contribution < 1.29 is 24.4 Å². The maximum absolute atomic E-state index is 10.6. The molecule has 98 valence electrons. The van der Waals surface area contributed by atoms with E-state index in [0.29, 0.717) is 6.61 Å². The molecule has 0 saturated carbocycles. The molecule has 0 fully saturated rings. The number of hydrogen-bond donors (Lipinski definition) is 1. The molecular formula is C11H24O5. The molecule has 0 spiro atoms. The van der Waals surface area contributed by atoms with Gasteiger partial charge in [-0.1, -0.05) is 6.92 Å². The Labute approximate surface area is 97.6 Å². The van der Waals surface area contributed by atoms with E-state index in [1.807, 2.05) is 6.92 Å². The van der Waals surface area contributed by atoms with E-state index in [1.54, 1.807) is 34.6 Å². The monoisotopic (exact) mass is 236 g/mol. The molecule has 0 aliphatic heterocycles. The van der Waals surface area contributed by atoms with Gasteiger partial charge in [0.2, 0.25) is 0 Å². The first-order valence-electron chi connectivity index (χ1n) is 5.39. The molecule has 0 atom stereocenters. The molecule has 0 saturated heterocycles. The van der Waals surface area contributed by atoms with Crippen molar-refractivity contribution in [3.05, 3.63) is 0 Å². The summed E-state index contributed by atoms with van der Waals surface area (Å²) in [5.74, 6) is 0. The number of rotatable bonds is 3. The van der Waals surface area contributed by atoms with E-state index in [4.69, 9.17) is 9.99 Å². The summed E-state index contributed by atoms with van der Waals surface area (Å²) in [6, 6.07) is 0. The molecule has 0 aromatic carbocycles. The van der Waals surface area contributed by atoms with Gasteiger partial charge in [0.05, 0.1) is 18.3 Å². The van der Waals surface area contributed by atoms with Gasteiger partial charge >= 0.3 is 6.16 Å². The lowest BCUT2D eigenvalue weighted by Crippen LogP contribution is -2.15. The standard InChI is InChI=1S/C7H14O3.C4H10O2/c1-4-5-9-7(8)10-6(2)3;1-4(2,3)6-5/h6H,4-5H2,1-3H3;5H,1-3H3. The third-order valence-corrected chi connectivity index (χ3v) is 1.03. The highest BCUT2D eigenvalue weighted by atomic mass is 17.1. The van der Waals surface area contributed by atoms with Crippen LogP contribution >= 0.6 is 0 Å². The summed E-state index contributed by atoms with van der Waals surface area (Å²) in [4.78, 5) is 14.5. The smallest absolute Gasteiger partial charge is 0.434 e. The Balaban J connectivity index is 0. The van der Waals surface area contributed by atoms with Gasteiger partial charge in [0.1, 0.15) is 0 Å². The summed E-state index contributed by atoms with van der Waals surface area (Å²) in [6.07, 6.45) is 0.161. The van der Waals surface area contributed by atoms with Gasteiger partial charge in [0, 0.05) is 0 Å². The minimum atomic E-state index is -0.572. The number of ether oxygens (including phenoxy) is 2. The molecule has 0 unspecified atom stereocenters. The van der Waals surface area contributed by atoms with Gasteiger partial charge in [-0.3, -0.25) is 5.26 Å². The first kappa shape index (κ1) is 17.6. The number of carbonyl (C=O) groups is 1. The molecule has 1 N–H and O–H groups in total. The van der Waals surface area contributed by atoms with E-state index in [1.165, 1.54) is 0 Å². The van der Waals surface area contributed by atoms with E-state index >= 15 is 0 Å². The fourth-order valence-electron chi connectivity index (χ4n) is 0.412. The van der Waals surface area contributed by atoms with Gasteiger partial charge in [-0.05, 0) is 41.0 Å². The van der Waals surface area contributed by atoms with Crippen LogP contribution in [0, 0.1) is 0 Å². The topological polar surface area (TPSA) is 65.0 Å². The molecule has 0 rings (SSSR count). The molecule has 0 aromatic rings. The Bertz CT molecular complexity index is 172. The second kappa shape index (κ2) is 9.42. The van der Waals surface area contributed by atoms with Gasteiger partial charge in [-0.15, -0.1) is 0 Å². The molecule has 0 radical (unpaired) electrons. The van der Waals surface area contributed by atoms with Crippen molar-refractivity contribution in [3.63, 3.8) is 0 Å².